The van der Waals surface area contributed by atoms with Gasteiger partial charge in [-0.1, -0.05) is 19.1 Å². The van der Waals surface area contributed by atoms with Crippen LogP contribution in [0, 0.1) is 5.92 Å². The van der Waals surface area contributed by atoms with Crippen LogP contribution < -0.4 is 9.47 Å². The van der Waals surface area contributed by atoms with Gasteiger partial charge < -0.3 is 14.3 Å². The van der Waals surface area contributed by atoms with Gasteiger partial charge in [-0.15, -0.1) is 0 Å². The Morgan fingerprint density at radius 1 is 0.880 bits per heavy atom. The van der Waals surface area contributed by atoms with Crippen molar-refractivity contribution in [3.8, 4) is 17.2 Å². The number of ketones is 1. The van der Waals surface area contributed by atoms with E-state index in [0.29, 0.717) is 12.3 Å². The lowest BCUT2D eigenvalue weighted by molar-refractivity contribution is -0.117. The summed E-state index contributed by atoms with van der Waals surface area (Å²) in [6.45, 7) is 7.80. The molecule has 0 N–H and O–H groups in total. The molecule has 0 aliphatic rings. The van der Waals surface area contributed by atoms with Gasteiger partial charge in [-0.05, 0) is 81.5 Å². The van der Waals surface area contributed by atoms with Crippen molar-refractivity contribution < 1.29 is 14.3 Å². The standard InChI is InChI=1S/C22H28O3/c1-16(2)24-20-11-13-22(14-12-20)25-21-9-7-19(8-10-21)6-5-17(3)15-18(4)23/h7-14,16-17H,5-6,15H2,1-4H3/t17-/m0/s1. The molecule has 0 aliphatic heterocycles. The highest BCUT2D eigenvalue weighted by Crippen LogP contribution is 2.25. The fourth-order valence-corrected chi connectivity index (χ4v) is 2.72. The first-order valence-corrected chi connectivity index (χ1v) is 8.95. The largest absolute Gasteiger partial charge is 0.491 e. The molecule has 3 nitrogen and oxygen atoms in total. The smallest absolute Gasteiger partial charge is 0.130 e. The maximum Gasteiger partial charge on any atom is 0.130 e. The fraction of sp³-hybridized carbons (Fsp3) is 0.409. The van der Waals surface area contributed by atoms with Crippen molar-refractivity contribution in [2.75, 3.05) is 0 Å². The topological polar surface area (TPSA) is 35.5 Å². The number of aryl methyl sites for hydroxylation is 1. The van der Waals surface area contributed by atoms with Crippen LogP contribution in [0.4, 0.5) is 0 Å². The van der Waals surface area contributed by atoms with Crippen LogP contribution in [-0.2, 0) is 11.2 Å². The van der Waals surface area contributed by atoms with E-state index in [1.165, 1.54) is 5.56 Å². The summed E-state index contributed by atoms with van der Waals surface area (Å²) in [4.78, 5) is 11.1. The van der Waals surface area contributed by atoms with E-state index in [1.807, 2.05) is 50.2 Å². The van der Waals surface area contributed by atoms with Crippen molar-refractivity contribution in [1.82, 2.24) is 0 Å². The van der Waals surface area contributed by atoms with Gasteiger partial charge in [-0.25, -0.2) is 0 Å². The average Bonchev–Trinajstić information content (AvgIpc) is 2.55. The number of ether oxygens (including phenoxy) is 2. The molecule has 0 radical (unpaired) electrons. The van der Waals surface area contributed by atoms with Gasteiger partial charge in [0, 0.05) is 6.42 Å². The first-order valence-electron chi connectivity index (χ1n) is 8.95. The Morgan fingerprint density at radius 3 is 1.92 bits per heavy atom. The van der Waals surface area contributed by atoms with Crippen LogP contribution in [0.2, 0.25) is 0 Å². The van der Waals surface area contributed by atoms with Crippen LogP contribution in [0.5, 0.6) is 17.2 Å². The maximum absolute atomic E-state index is 11.1. The molecule has 0 saturated carbocycles. The van der Waals surface area contributed by atoms with Crippen molar-refractivity contribution in [2.24, 2.45) is 5.92 Å². The quantitative estimate of drug-likeness (QED) is 0.577. The summed E-state index contributed by atoms with van der Waals surface area (Å²) in [6.07, 6.45) is 2.84. The summed E-state index contributed by atoms with van der Waals surface area (Å²) >= 11 is 0. The Labute approximate surface area is 151 Å². The molecule has 0 unspecified atom stereocenters. The van der Waals surface area contributed by atoms with E-state index in [1.54, 1.807) is 6.92 Å². The molecule has 0 spiro atoms. The van der Waals surface area contributed by atoms with Gasteiger partial charge in [0.05, 0.1) is 6.10 Å². The van der Waals surface area contributed by atoms with Crippen LogP contribution in [0.3, 0.4) is 0 Å². The zero-order valence-electron chi connectivity index (χ0n) is 15.6. The van der Waals surface area contributed by atoms with Crippen molar-refractivity contribution in [1.29, 1.82) is 0 Å². The number of carbonyl (C=O) groups excluding carboxylic acids is 1. The van der Waals surface area contributed by atoms with E-state index in [0.717, 1.165) is 30.1 Å². The highest BCUT2D eigenvalue weighted by molar-refractivity contribution is 5.75. The predicted octanol–water partition coefficient (Wildman–Crippen LogP) is 5.81. The summed E-state index contributed by atoms with van der Waals surface area (Å²) in [5.41, 5.74) is 1.27. The Kier molecular flexibility index (Phi) is 7.05. The van der Waals surface area contributed by atoms with Gasteiger partial charge in [0.15, 0.2) is 0 Å². The van der Waals surface area contributed by atoms with Crippen LogP contribution in [0.1, 0.15) is 46.1 Å². The van der Waals surface area contributed by atoms with E-state index in [-0.39, 0.29) is 11.9 Å². The van der Waals surface area contributed by atoms with Crippen LogP contribution >= 0.6 is 0 Å². The zero-order chi connectivity index (χ0) is 18.2. The zero-order valence-corrected chi connectivity index (χ0v) is 15.6. The molecule has 3 heteroatoms. The van der Waals surface area contributed by atoms with Crippen LogP contribution in [0.25, 0.3) is 0 Å². The molecule has 0 amide bonds. The van der Waals surface area contributed by atoms with Crippen molar-refractivity contribution in [3.63, 3.8) is 0 Å². The van der Waals surface area contributed by atoms with Gasteiger partial charge in [-0.2, -0.15) is 0 Å². The van der Waals surface area contributed by atoms with E-state index in [4.69, 9.17) is 9.47 Å². The Hall–Kier alpha value is -2.29. The average molecular weight is 340 g/mol. The lowest BCUT2D eigenvalue weighted by Gasteiger charge is -2.11. The number of hydrogen-bond acceptors (Lipinski definition) is 3. The molecule has 1 atom stereocenters. The molecule has 25 heavy (non-hydrogen) atoms. The third-order valence-electron chi connectivity index (χ3n) is 3.92. The van der Waals surface area contributed by atoms with Crippen molar-refractivity contribution in [2.45, 2.75) is 53.1 Å². The second kappa shape index (κ2) is 9.26. The molecule has 0 heterocycles. The summed E-state index contributed by atoms with van der Waals surface area (Å²) in [5, 5.41) is 0. The Balaban J connectivity index is 1.86. The van der Waals surface area contributed by atoms with Gasteiger partial charge in [0.1, 0.15) is 23.0 Å². The van der Waals surface area contributed by atoms with Crippen LogP contribution in [0.15, 0.2) is 48.5 Å². The highest BCUT2D eigenvalue weighted by atomic mass is 16.5. The monoisotopic (exact) mass is 340 g/mol. The Bertz CT molecular complexity index is 657. The first kappa shape index (κ1) is 19.0. The highest BCUT2D eigenvalue weighted by Gasteiger charge is 2.06. The maximum atomic E-state index is 11.1. The molecule has 0 bridgehead atoms. The van der Waals surface area contributed by atoms with Gasteiger partial charge >= 0.3 is 0 Å². The minimum absolute atomic E-state index is 0.164. The molecule has 2 rings (SSSR count). The minimum Gasteiger partial charge on any atom is -0.491 e. The van der Waals surface area contributed by atoms with Gasteiger partial charge in [-0.3, -0.25) is 0 Å². The van der Waals surface area contributed by atoms with Gasteiger partial charge in [0.2, 0.25) is 0 Å². The summed E-state index contributed by atoms with van der Waals surface area (Å²) in [6, 6.07) is 15.8. The van der Waals surface area contributed by atoms with Crippen LogP contribution in [-0.4, -0.2) is 11.9 Å². The number of carbonyl (C=O) groups is 1. The molecule has 0 saturated heterocycles. The number of Topliss-reactive ketones (excluding diaryl/α,β-unsaturated/α-hetero) is 1. The predicted molar refractivity (Wildman–Crippen MR) is 102 cm³/mol. The normalized spacial score (nSPS) is 12.0. The number of rotatable bonds is 9. The minimum atomic E-state index is 0.164. The number of hydrogen-bond donors (Lipinski definition) is 0. The first-order chi connectivity index (χ1) is 11.9. The third-order valence-corrected chi connectivity index (χ3v) is 3.92. The lowest BCUT2D eigenvalue weighted by Crippen LogP contribution is -2.05. The molecular weight excluding hydrogens is 312 g/mol. The lowest BCUT2D eigenvalue weighted by atomic mass is 9.97. The molecule has 2 aromatic rings. The molecule has 0 aliphatic carbocycles. The summed E-state index contributed by atoms with van der Waals surface area (Å²) in [7, 11) is 0. The van der Waals surface area contributed by atoms with E-state index in [9.17, 15) is 4.79 Å². The van der Waals surface area contributed by atoms with Crippen molar-refractivity contribution >= 4 is 5.78 Å². The van der Waals surface area contributed by atoms with E-state index >= 15 is 0 Å². The molecule has 0 fully saturated rings. The molecular formula is C22H28O3. The SMILES string of the molecule is CC(=O)C[C@@H](C)CCc1ccc(Oc2ccc(OC(C)C)cc2)cc1. The summed E-state index contributed by atoms with van der Waals surface area (Å²) in [5.74, 6) is 3.15. The second-order valence-electron chi connectivity index (χ2n) is 6.93. The molecule has 134 valence electrons. The van der Waals surface area contributed by atoms with Gasteiger partial charge in [0.25, 0.3) is 0 Å². The third kappa shape index (κ3) is 7.00. The molecule has 2 aromatic carbocycles. The molecule has 0 aromatic heterocycles. The van der Waals surface area contributed by atoms with E-state index in [2.05, 4.69) is 19.1 Å². The summed E-state index contributed by atoms with van der Waals surface area (Å²) < 4.78 is 11.5. The Morgan fingerprint density at radius 2 is 1.40 bits per heavy atom. The van der Waals surface area contributed by atoms with E-state index < -0.39 is 0 Å². The fourth-order valence-electron chi connectivity index (χ4n) is 2.72. The number of benzene rings is 2. The second-order valence-corrected chi connectivity index (χ2v) is 6.93. The van der Waals surface area contributed by atoms with Crippen molar-refractivity contribution in [3.05, 3.63) is 54.1 Å².